The summed E-state index contributed by atoms with van der Waals surface area (Å²) in [6.45, 7) is 5.62. The number of fused-ring (bicyclic) bond motifs is 1. The highest BCUT2D eigenvalue weighted by molar-refractivity contribution is 5.91. The van der Waals surface area contributed by atoms with Gasteiger partial charge in [0, 0.05) is 69.1 Å². The summed E-state index contributed by atoms with van der Waals surface area (Å²) >= 11 is 0. The zero-order valence-corrected chi connectivity index (χ0v) is 26.6. The molecule has 3 heterocycles. The second kappa shape index (κ2) is 12.8. The van der Waals surface area contributed by atoms with Crippen molar-refractivity contribution in [3.8, 4) is 22.6 Å². The van der Waals surface area contributed by atoms with Gasteiger partial charge in [-0.25, -0.2) is 14.4 Å². The fraction of sp³-hybridized carbons (Fsp3) is 0.441. The zero-order chi connectivity index (χ0) is 33.5. The highest BCUT2D eigenvalue weighted by Gasteiger charge is 2.38. The van der Waals surface area contributed by atoms with Gasteiger partial charge < -0.3 is 24.6 Å². The Kier molecular flexibility index (Phi) is 8.88. The molecule has 1 atom stereocenters. The van der Waals surface area contributed by atoms with Crippen LogP contribution in [-0.2, 0) is 15.7 Å². The lowest BCUT2D eigenvalue weighted by Gasteiger charge is -2.44. The molecule has 0 spiro atoms. The number of aromatic nitrogens is 3. The number of aromatic amines is 1. The number of ether oxygens (including phenoxy) is 1. The van der Waals surface area contributed by atoms with Gasteiger partial charge >= 0.3 is 12.1 Å². The molecule has 2 N–H and O–H groups in total. The molecule has 0 radical (unpaired) electrons. The summed E-state index contributed by atoms with van der Waals surface area (Å²) in [6.07, 6.45) is -1.62. The van der Waals surface area contributed by atoms with Gasteiger partial charge in [0.2, 0.25) is 0 Å². The molecule has 13 heteroatoms. The van der Waals surface area contributed by atoms with Crippen molar-refractivity contribution >= 4 is 28.5 Å². The first-order chi connectivity index (χ1) is 22.4. The normalized spacial score (nSPS) is 17.5. The van der Waals surface area contributed by atoms with Crippen molar-refractivity contribution in [3.63, 3.8) is 0 Å². The molecule has 2 aromatic carbocycles. The number of carboxylic acid groups (broad SMARTS) is 1. The van der Waals surface area contributed by atoms with Gasteiger partial charge in [0.1, 0.15) is 23.2 Å². The van der Waals surface area contributed by atoms with Crippen LogP contribution in [0.4, 0.5) is 28.9 Å². The van der Waals surface area contributed by atoms with E-state index < -0.39 is 29.6 Å². The van der Waals surface area contributed by atoms with Crippen LogP contribution in [0.1, 0.15) is 31.7 Å². The zero-order valence-electron chi connectivity index (χ0n) is 26.6. The van der Waals surface area contributed by atoms with E-state index in [9.17, 15) is 27.5 Å². The molecular formula is C34H38F4N6O3. The number of halogens is 4. The fourth-order valence-electron chi connectivity index (χ4n) is 6.73. The number of H-pyrrole nitrogens is 1. The Bertz CT molecular complexity index is 1750. The molecule has 4 aromatic rings. The van der Waals surface area contributed by atoms with Crippen molar-refractivity contribution in [2.24, 2.45) is 5.41 Å². The minimum Gasteiger partial charge on any atom is -0.480 e. The minimum atomic E-state index is -4.71. The standard InChI is InChI=1S/C34H38F4N6O3/c1-21(32(45)46)43-11-13-44(14-12-43)26-7-5-22(6-8-26)30-40-29-28(42(2)19-33(20-47-3)9-4-10-33)18-27(39-31(29)41-30)23-15-24(34(36,37)38)17-25(35)16-23/h5-8,15-18,21H,4,9-14,19-20H2,1-3H3,(H,45,46)(H,39,40,41). The van der Waals surface area contributed by atoms with E-state index in [2.05, 4.69) is 14.9 Å². The number of hydrogen-bond donors (Lipinski definition) is 2. The molecule has 1 saturated heterocycles. The van der Waals surface area contributed by atoms with Crippen molar-refractivity contribution in [1.29, 1.82) is 0 Å². The molecule has 2 fully saturated rings. The topological polar surface area (TPSA) is 97.8 Å². The van der Waals surface area contributed by atoms with Crippen molar-refractivity contribution < 1.29 is 32.2 Å². The number of aliphatic carboxylic acids is 1. The Morgan fingerprint density at radius 2 is 1.77 bits per heavy atom. The molecule has 1 aliphatic carbocycles. The maximum atomic E-state index is 14.5. The van der Waals surface area contributed by atoms with E-state index in [1.807, 2.05) is 41.1 Å². The van der Waals surface area contributed by atoms with Gasteiger partial charge in [-0.1, -0.05) is 6.42 Å². The average molecular weight is 655 g/mol. The maximum Gasteiger partial charge on any atom is 0.416 e. The number of methoxy groups -OCH3 is 1. The van der Waals surface area contributed by atoms with E-state index >= 15 is 0 Å². The van der Waals surface area contributed by atoms with Crippen LogP contribution in [0.2, 0.25) is 0 Å². The van der Waals surface area contributed by atoms with Crippen molar-refractivity contribution in [2.45, 2.75) is 38.4 Å². The van der Waals surface area contributed by atoms with Crippen LogP contribution in [0.5, 0.6) is 0 Å². The third-order valence-corrected chi connectivity index (χ3v) is 9.54. The second-order valence-electron chi connectivity index (χ2n) is 12.8. The molecular weight excluding hydrogens is 616 g/mol. The average Bonchev–Trinajstić information content (AvgIpc) is 3.46. The molecule has 47 heavy (non-hydrogen) atoms. The molecule has 9 nitrogen and oxygen atoms in total. The van der Waals surface area contributed by atoms with Crippen molar-refractivity contribution in [1.82, 2.24) is 19.9 Å². The number of pyridine rings is 1. The number of carboxylic acids is 1. The van der Waals surface area contributed by atoms with Crippen LogP contribution in [0, 0.1) is 11.2 Å². The Hall–Kier alpha value is -4.23. The SMILES string of the molecule is COCC1(CN(C)c2cc(-c3cc(F)cc(C(F)(F)F)c3)nc3nc(-c4ccc(N5CCN(C(C)C(=O)O)CC5)cc4)[nH]c23)CCC1. The van der Waals surface area contributed by atoms with Gasteiger partial charge in [0.15, 0.2) is 5.65 Å². The van der Waals surface area contributed by atoms with Crippen LogP contribution in [0.15, 0.2) is 48.5 Å². The van der Waals surface area contributed by atoms with Gasteiger partial charge in [-0.3, -0.25) is 9.69 Å². The molecule has 2 aromatic heterocycles. The number of nitrogens with one attached hydrogen (secondary N) is 1. The van der Waals surface area contributed by atoms with Crippen molar-refractivity contribution in [3.05, 3.63) is 59.9 Å². The fourth-order valence-corrected chi connectivity index (χ4v) is 6.73. The molecule has 0 bridgehead atoms. The van der Waals surface area contributed by atoms with Gasteiger partial charge in [0.05, 0.1) is 23.6 Å². The third kappa shape index (κ3) is 6.77. The third-order valence-electron chi connectivity index (χ3n) is 9.54. The minimum absolute atomic E-state index is 0.0101. The van der Waals surface area contributed by atoms with E-state index in [0.29, 0.717) is 68.1 Å². The van der Waals surface area contributed by atoms with Gasteiger partial charge in [-0.05, 0) is 68.3 Å². The number of piperazine rings is 1. The summed E-state index contributed by atoms with van der Waals surface area (Å²) in [4.78, 5) is 30.3. The molecule has 0 amide bonds. The lowest BCUT2D eigenvalue weighted by molar-refractivity contribution is -0.142. The van der Waals surface area contributed by atoms with E-state index in [0.717, 1.165) is 42.6 Å². The lowest BCUT2D eigenvalue weighted by atomic mass is 9.69. The number of rotatable bonds is 10. The quantitative estimate of drug-likeness (QED) is 0.193. The predicted molar refractivity (Wildman–Crippen MR) is 172 cm³/mol. The Morgan fingerprint density at radius 3 is 2.36 bits per heavy atom. The van der Waals surface area contributed by atoms with Crippen LogP contribution < -0.4 is 9.80 Å². The van der Waals surface area contributed by atoms with Crippen LogP contribution in [0.3, 0.4) is 0 Å². The lowest BCUT2D eigenvalue weighted by Crippen LogP contribution is -2.51. The summed E-state index contributed by atoms with van der Waals surface area (Å²) in [7, 11) is 3.60. The Balaban J connectivity index is 1.33. The first kappa shape index (κ1) is 32.7. The van der Waals surface area contributed by atoms with E-state index in [1.54, 1.807) is 20.1 Å². The van der Waals surface area contributed by atoms with E-state index in [1.165, 1.54) is 0 Å². The van der Waals surface area contributed by atoms with Gasteiger partial charge in [-0.15, -0.1) is 0 Å². The molecule has 250 valence electrons. The molecule has 2 aliphatic rings. The number of carbonyl (C=O) groups is 1. The first-order valence-corrected chi connectivity index (χ1v) is 15.7. The number of benzene rings is 2. The summed E-state index contributed by atoms with van der Waals surface area (Å²) in [5, 5.41) is 9.33. The number of nitrogens with zero attached hydrogens (tertiary/aromatic N) is 5. The maximum absolute atomic E-state index is 14.5. The second-order valence-corrected chi connectivity index (χ2v) is 12.8. The van der Waals surface area contributed by atoms with Crippen LogP contribution >= 0.6 is 0 Å². The summed E-state index contributed by atoms with van der Waals surface area (Å²) < 4.78 is 60.8. The molecule has 1 unspecified atom stereocenters. The summed E-state index contributed by atoms with van der Waals surface area (Å²) in [5.41, 5.74) is 2.48. The van der Waals surface area contributed by atoms with E-state index in [4.69, 9.17) is 9.72 Å². The van der Waals surface area contributed by atoms with Crippen LogP contribution in [-0.4, -0.2) is 90.5 Å². The number of hydrogen-bond acceptors (Lipinski definition) is 7. The Labute approximate surface area is 270 Å². The highest BCUT2D eigenvalue weighted by Crippen LogP contribution is 2.43. The molecule has 6 rings (SSSR count). The number of alkyl halides is 3. The summed E-state index contributed by atoms with van der Waals surface area (Å²) in [6, 6.07) is 11.5. The smallest absolute Gasteiger partial charge is 0.416 e. The largest absolute Gasteiger partial charge is 0.480 e. The van der Waals surface area contributed by atoms with Crippen LogP contribution in [0.25, 0.3) is 33.8 Å². The summed E-state index contributed by atoms with van der Waals surface area (Å²) in [5.74, 6) is -1.29. The van der Waals surface area contributed by atoms with Crippen molar-refractivity contribution in [2.75, 3.05) is 63.3 Å². The monoisotopic (exact) mass is 654 g/mol. The Morgan fingerprint density at radius 1 is 1.06 bits per heavy atom. The highest BCUT2D eigenvalue weighted by atomic mass is 19.4. The molecule has 1 saturated carbocycles. The first-order valence-electron chi connectivity index (χ1n) is 15.7. The van der Waals surface area contributed by atoms with E-state index in [-0.39, 0.29) is 16.7 Å². The van der Waals surface area contributed by atoms with Gasteiger partial charge in [-0.2, -0.15) is 13.2 Å². The number of imidazole rings is 1. The van der Waals surface area contributed by atoms with Gasteiger partial charge in [0.25, 0.3) is 0 Å². The predicted octanol–water partition coefficient (Wildman–Crippen LogP) is 6.30. The number of anilines is 2. The molecule has 1 aliphatic heterocycles.